The molecule has 0 radical (unpaired) electrons. The lowest BCUT2D eigenvalue weighted by atomic mass is 10.0. The van der Waals surface area contributed by atoms with Gasteiger partial charge in [0.15, 0.2) is 11.6 Å². The van der Waals surface area contributed by atoms with Gasteiger partial charge >= 0.3 is 0 Å². The molecule has 0 aliphatic carbocycles. The van der Waals surface area contributed by atoms with Crippen molar-refractivity contribution in [1.82, 2.24) is 35.4 Å². The van der Waals surface area contributed by atoms with Gasteiger partial charge in [0, 0.05) is 22.8 Å². The molecule has 1 amide bonds. The number of nitrogens with one attached hydrogen (secondary N) is 2. The summed E-state index contributed by atoms with van der Waals surface area (Å²) >= 11 is 0. The molecule has 32 heavy (non-hydrogen) atoms. The van der Waals surface area contributed by atoms with Crippen LogP contribution in [0.25, 0.3) is 5.82 Å². The topological polar surface area (TPSA) is 118 Å². The predicted molar refractivity (Wildman–Crippen MR) is 103 cm³/mol. The third kappa shape index (κ3) is 5.06. The number of hydrogen-bond donors (Lipinski definition) is 3. The average molecular weight is 453 g/mol. The van der Waals surface area contributed by atoms with Crippen molar-refractivity contribution in [1.29, 1.82) is 0 Å². The number of rotatable bonds is 8. The molecule has 0 saturated heterocycles. The van der Waals surface area contributed by atoms with E-state index in [9.17, 15) is 27.5 Å². The molecule has 13 heteroatoms. The molecular weight excluding hydrogens is 434 g/mol. The fourth-order valence-corrected chi connectivity index (χ4v) is 2.90. The molecule has 1 unspecified atom stereocenters. The second kappa shape index (κ2) is 9.78. The Morgan fingerprint density at radius 2 is 1.66 bits per heavy atom. The first-order valence-corrected chi connectivity index (χ1v) is 9.30. The van der Waals surface area contributed by atoms with E-state index in [1.54, 1.807) is 6.92 Å². The lowest BCUT2D eigenvalue weighted by Crippen LogP contribution is -2.29. The van der Waals surface area contributed by atoms with E-state index < -0.39 is 42.2 Å². The molecule has 0 aliphatic heterocycles. The molecule has 1 aromatic carbocycles. The highest BCUT2D eigenvalue weighted by molar-refractivity contribution is 5.94. The van der Waals surface area contributed by atoms with Crippen LogP contribution >= 0.6 is 0 Å². The zero-order chi connectivity index (χ0) is 23.4. The van der Waals surface area contributed by atoms with Gasteiger partial charge in [-0.05, 0) is 32.2 Å². The molecule has 9 nitrogen and oxygen atoms in total. The summed E-state index contributed by atoms with van der Waals surface area (Å²) in [6.45, 7) is 1.55. The van der Waals surface area contributed by atoms with Gasteiger partial charge in [0.05, 0.1) is 11.7 Å². The smallest absolute Gasteiger partial charge is 0.263 e. The molecule has 0 bridgehead atoms. The standard InChI is InChI=1S/C19H19F4N7O2/c1-9(29-18(31)12-4-10(15(20)21)3-11(5-12)16(22)23)17-27-8-28-30(17)14-6-13(19(32)24-2)25-7-26-14/h3-9,15-16,19,24,32H,1-2H3,(H,29,31)/t9-,19?/m0/s1. The van der Waals surface area contributed by atoms with Crippen LogP contribution in [0.2, 0.25) is 0 Å². The number of nitrogens with zero attached hydrogens (tertiary/aromatic N) is 5. The summed E-state index contributed by atoms with van der Waals surface area (Å²) in [5.74, 6) is -0.371. The Kier molecular flexibility index (Phi) is 7.10. The summed E-state index contributed by atoms with van der Waals surface area (Å²) in [5, 5.41) is 19.1. The fourth-order valence-electron chi connectivity index (χ4n) is 2.90. The van der Waals surface area contributed by atoms with Crippen molar-refractivity contribution < 1.29 is 27.5 Å². The molecule has 3 aromatic rings. The summed E-state index contributed by atoms with van der Waals surface area (Å²) in [6, 6.07) is 3.04. The Balaban J connectivity index is 1.86. The first-order chi connectivity index (χ1) is 15.2. The first kappa shape index (κ1) is 23.2. The molecule has 0 saturated carbocycles. The number of benzene rings is 1. The Bertz CT molecular complexity index is 1070. The largest absolute Gasteiger partial charge is 0.373 e. The Hall–Kier alpha value is -3.45. The zero-order valence-corrected chi connectivity index (χ0v) is 16.9. The summed E-state index contributed by atoms with van der Waals surface area (Å²) in [5.41, 5.74) is -1.43. The van der Waals surface area contributed by atoms with Gasteiger partial charge in [-0.3, -0.25) is 10.1 Å². The quantitative estimate of drug-likeness (QED) is 0.355. The van der Waals surface area contributed by atoms with Crippen LogP contribution in [-0.4, -0.2) is 42.8 Å². The Morgan fingerprint density at radius 1 is 1.00 bits per heavy atom. The van der Waals surface area contributed by atoms with Crippen LogP contribution < -0.4 is 10.6 Å². The maximum Gasteiger partial charge on any atom is 0.263 e. The van der Waals surface area contributed by atoms with Gasteiger partial charge in [-0.25, -0.2) is 32.5 Å². The van der Waals surface area contributed by atoms with E-state index >= 15 is 0 Å². The number of carbonyl (C=O) groups is 1. The van der Waals surface area contributed by atoms with Gasteiger partial charge in [-0.15, -0.1) is 0 Å². The van der Waals surface area contributed by atoms with E-state index in [4.69, 9.17) is 0 Å². The van der Waals surface area contributed by atoms with Gasteiger partial charge in [0.2, 0.25) is 0 Å². The molecule has 0 spiro atoms. The fraction of sp³-hybridized carbons (Fsp3) is 0.316. The first-order valence-electron chi connectivity index (χ1n) is 9.30. The van der Waals surface area contributed by atoms with Gasteiger partial charge in [0.1, 0.15) is 18.9 Å². The molecule has 2 heterocycles. The number of aromatic nitrogens is 5. The number of hydrogen-bond acceptors (Lipinski definition) is 7. The van der Waals surface area contributed by atoms with Gasteiger partial charge in [-0.1, -0.05) is 0 Å². The van der Waals surface area contributed by atoms with Crippen molar-refractivity contribution in [3.8, 4) is 5.82 Å². The number of halogens is 4. The lowest BCUT2D eigenvalue weighted by molar-refractivity contribution is 0.0936. The van der Waals surface area contributed by atoms with Crippen molar-refractivity contribution in [2.45, 2.75) is 32.0 Å². The summed E-state index contributed by atoms with van der Waals surface area (Å²) in [4.78, 5) is 24.7. The SMILES string of the molecule is CNC(O)c1cc(-n2ncnc2[C@H](C)NC(=O)c2cc(C(F)F)cc(C(F)F)c2)ncn1. The highest BCUT2D eigenvalue weighted by Gasteiger charge is 2.22. The number of aliphatic hydroxyl groups is 1. The second-order valence-corrected chi connectivity index (χ2v) is 6.71. The second-order valence-electron chi connectivity index (χ2n) is 6.71. The Labute approximate surface area is 179 Å². The highest BCUT2D eigenvalue weighted by Crippen LogP contribution is 2.27. The lowest BCUT2D eigenvalue weighted by Gasteiger charge is -2.16. The maximum atomic E-state index is 13.1. The predicted octanol–water partition coefficient (Wildman–Crippen LogP) is 2.63. The molecule has 3 rings (SSSR count). The summed E-state index contributed by atoms with van der Waals surface area (Å²) in [6.07, 6.45) is -4.66. The summed E-state index contributed by atoms with van der Waals surface area (Å²) in [7, 11) is 1.54. The highest BCUT2D eigenvalue weighted by atomic mass is 19.3. The van der Waals surface area contributed by atoms with E-state index in [-0.39, 0.29) is 22.9 Å². The molecule has 170 valence electrons. The maximum absolute atomic E-state index is 13.1. The normalized spacial score (nSPS) is 13.4. The molecular formula is C19H19F4N7O2. The van der Waals surface area contributed by atoms with Crippen molar-refractivity contribution >= 4 is 5.91 Å². The van der Waals surface area contributed by atoms with Gasteiger partial charge < -0.3 is 10.4 Å². The van der Waals surface area contributed by atoms with Gasteiger partial charge in [-0.2, -0.15) is 9.78 Å². The molecule has 3 N–H and O–H groups in total. The number of alkyl halides is 4. The number of carbonyl (C=O) groups excluding carboxylic acids is 1. The minimum atomic E-state index is -3.01. The molecule has 0 aliphatic rings. The average Bonchev–Trinajstić information content (AvgIpc) is 3.28. The van der Waals surface area contributed by atoms with Crippen molar-refractivity contribution in [2.24, 2.45) is 0 Å². The van der Waals surface area contributed by atoms with Crippen LogP contribution in [0.1, 0.15) is 65.0 Å². The van der Waals surface area contributed by atoms with E-state index in [1.807, 2.05) is 0 Å². The van der Waals surface area contributed by atoms with E-state index in [2.05, 4.69) is 30.7 Å². The van der Waals surface area contributed by atoms with E-state index in [1.165, 1.54) is 30.5 Å². The van der Waals surface area contributed by atoms with Crippen LogP contribution in [0.15, 0.2) is 36.9 Å². The number of aliphatic hydroxyl groups excluding tert-OH is 1. The van der Waals surface area contributed by atoms with Crippen molar-refractivity contribution in [3.05, 3.63) is 65.1 Å². The van der Waals surface area contributed by atoms with Crippen LogP contribution in [0.4, 0.5) is 17.6 Å². The summed E-state index contributed by atoms with van der Waals surface area (Å²) < 4.78 is 53.5. The third-order valence-electron chi connectivity index (χ3n) is 4.50. The van der Waals surface area contributed by atoms with Crippen LogP contribution in [0.5, 0.6) is 0 Å². The molecule has 2 atom stereocenters. The van der Waals surface area contributed by atoms with Crippen LogP contribution in [0, 0.1) is 0 Å². The minimum Gasteiger partial charge on any atom is -0.373 e. The van der Waals surface area contributed by atoms with Crippen LogP contribution in [-0.2, 0) is 0 Å². The van der Waals surface area contributed by atoms with Crippen LogP contribution in [0.3, 0.4) is 0 Å². The van der Waals surface area contributed by atoms with Crippen molar-refractivity contribution in [3.63, 3.8) is 0 Å². The van der Waals surface area contributed by atoms with Gasteiger partial charge in [0.25, 0.3) is 18.8 Å². The monoisotopic (exact) mass is 453 g/mol. The molecule has 0 fully saturated rings. The van der Waals surface area contributed by atoms with E-state index in [0.29, 0.717) is 6.07 Å². The molecule has 2 aromatic heterocycles. The zero-order valence-electron chi connectivity index (χ0n) is 16.9. The third-order valence-corrected chi connectivity index (χ3v) is 4.50. The number of amides is 1. The Morgan fingerprint density at radius 3 is 2.25 bits per heavy atom. The van der Waals surface area contributed by atoms with Crippen molar-refractivity contribution in [2.75, 3.05) is 7.05 Å². The minimum absolute atomic E-state index is 0.223. The van der Waals surface area contributed by atoms with E-state index in [0.717, 1.165) is 12.1 Å².